The van der Waals surface area contributed by atoms with E-state index in [0.29, 0.717) is 31.1 Å². The Kier molecular flexibility index (Phi) is 2.99. The smallest absolute Gasteiger partial charge is 0.163 e. The first kappa shape index (κ1) is 13.8. The minimum absolute atomic E-state index is 0.270. The molecule has 6 rings (SSSR count). The van der Waals surface area contributed by atoms with E-state index in [9.17, 15) is 4.79 Å². The molecule has 0 aromatic heterocycles. The summed E-state index contributed by atoms with van der Waals surface area (Å²) in [7, 11) is 0. The van der Waals surface area contributed by atoms with Crippen molar-refractivity contribution in [3.8, 4) is 11.5 Å². The van der Waals surface area contributed by atoms with Gasteiger partial charge in [-0.15, -0.1) is 0 Å². The van der Waals surface area contributed by atoms with Gasteiger partial charge in [0, 0.05) is 17.5 Å². The highest BCUT2D eigenvalue weighted by Crippen LogP contribution is 2.58. The number of Topliss-reactive ketones (excluding diaryl/α,β-unsaturated/α-hetero) is 1. The van der Waals surface area contributed by atoms with Crippen LogP contribution in [-0.4, -0.2) is 42.5 Å². The molecule has 1 atom stereocenters. The molecular weight excluding hydrogens is 290 g/mol. The fraction of sp³-hybridized carbons (Fsp3) is 0.632. The van der Waals surface area contributed by atoms with Crippen LogP contribution in [0, 0.1) is 11.8 Å². The molecule has 4 nitrogen and oxygen atoms in total. The topological polar surface area (TPSA) is 38.8 Å². The van der Waals surface area contributed by atoms with Crippen LogP contribution in [0.15, 0.2) is 18.2 Å². The van der Waals surface area contributed by atoms with Crippen LogP contribution >= 0.6 is 0 Å². The molecule has 122 valence electrons. The minimum atomic E-state index is 0.270. The number of carbonyl (C=O) groups excluding carboxylic acids is 1. The summed E-state index contributed by atoms with van der Waals surface area (Å²) in [6.45, 7) is 3.65. The Hall–Kier alpha value is -1.55. The van der Waals surface area contributed by atoms with Crippen LogP contribution in [0.3, 0.4) is 0 Å². The van der Waals surface area contributed by atoms with Gasteiger partial charge < -0.3 is 9.47 Å². The molecule has 0 amide bonds. The maximum atomic E-state index is 12.9. The van der Waals surface area contributed by atoms with Crippen molar-refractivity contribution in [2.24, 2.45) is 11.8 Å². The molecule has 1 spiro atoms. The first-order valence-corrected chi connectivity index (χ1v) is 8.94. The van der Waals surface area contributed by atoms with Gasteiger partial charge >= 0.3 is 0 Å². The average Bonchev–Trinajstić information content (AvgIpc) is 3.39. The zero-order chi connectivity index (χ0) is 15.4. The first-order valence-electron chi connectivity index (χ1n) is 8.94. The third-order valence-corrected chi connectivity index (χ3v) is 6.46. The normalized spacial score (nSPS) is 32.8. The van der Waals surface area contributed by atoms with Gasteiger partial charge in [0.05, 0.1) is 0 Å². The summed E-state index contributed by atoms with van der Waals surface area (Å²) in [5, 5.41) is 0. The number of hydrogen-bond donors (Lipinski definition) is 0. The van der Waals surface area contributed by atoms with Crippen molar-refractivity contribution in [1.29, 1.82) is 0 Å². The average molecular weight is 313 g/mol. The Labute approximate surface area is 136 Å². The van der Waals surface area contributed by atoms with Crippen molar-refractivity contribution >= 4 is 5.78 Å². The molecular formula is C19H23NO3. The Balaban J connectivity index is 1.37. The maximum Gasteiger partial charge on any atom is 0.163 e. The van der Waals surface area contributed by atoms with Crippen LogP contribution in [0.4, 0.5) is 0 Å². The monoisotopic (exact) mass is 313 g/mol. The SMILES string of the molecule is O=C(C[C@@H]1C2CCN(CC2)C12CC2)c1ccc2c(c1)OCCO2. The highest BCUT2D eigenvalue weighted by atomic mass is 16.6. The van der Waals surface area contributed by atoms with Gasteiger partial charge in [0.2, 0.25) is 0 Å². The summed E-state index contributed by atoms with van der Waals surface area (Å²) < 4.78 is 11.2. The number of hydrogen-bond acceptors (Lipinski definition) is 4. The van der Waals surface area contributed by atoms with E-state index in [1.54, 1.807) is 0 Å². The molecule has 1 saturated carbocycles. The quantitative estimate of drug-likeness (QED) is 0.804. The number of ether oxygens (including phenoxy) is 2. The van der Waals surface area contributed by atoms with Crippen LogP contribution < -0.4 is 9.47 Å². The molecule has 0 radical (unpaired) electrons. The maximum absolute atomic E-state index is 12.9. The molecule has 0 unspecified atom stereocenters. The van der Waals surface area contributed by atoms with Crippen LogP contribution in [0.5, 0.6) is 11.5 Å². The Morgan fingerprint density at radius 3 is 2.61 bits per heavy atom. The molecule has 4 aliphatic heterocycles. The van der Waals surface area contributed by atoms with Crippen LogP contribution in [-0.2, 0) is 0 Å². The third kappa shape index (κ3) is 2.11. The first-order chi connectivity index (χ1) is 11.3. The summed E-state index contributed by atoms with van der Waals surface area (Å²) in [5.41, 5.74) is 1.16. The van der Waals surface area contributed by atoms with Gasteiger partial charge in [-0.05, 0) is 68.8 Å². The standard InChI is InChI=1S/C19H23NO3/c21-16(14-1-2-17-18(11-14)23-10-9-22-17)12-15-13-3-7-20(8-4-13)19(15)5-6-19/h1-2,11,13,15H,3-10,12H2/t15-/m1/s1. The zero-order valence-corrected chi connectivity index (χ0v) is 13.4. The fourth-order valence-corrected chi connectivity index (χ4v) is 5.13. The second kappa shape index (κ2) is 4.97. The number of carbonyl (C=O) groups is 1. The third-order valence-electron chi connectivity index (χ3n) is 6.46. The number of nitrogens with zero attached hydrogens (tertiary/aromatic N) is 1. The summed E-state index contributed by atoms with van der Waals surface area (Å²) in [4.78, 5) is 15.6. The van der Waals surface area contributed by atoms with Crippen LogP contribution in [0.2, 0.25) is 0 Å². The molecule has 4 heteroatoms. The Morgan fingerprint density at radius 2 is 1.87 bits per heavy atom. The van der Waals surface area contributed by atoms with E-state index in [2.05, 4.69) is 4.90 Å². The van der Waals surface area contributed by atoms with Gasteiger partial charge in [0.15, 0.2) is 17.3 Å². The van der Waals surface area contributed by atoms with Gasteiger partial charge in [-0.2, -0.15) is 0 Å². The van der Waals surface area contributed by atoms with Gasteiger partial charge in [-0.25, -0.2) is 0 Å². The van der Waals surface area contributed by atoms with Crippen LogP contribution in [0.25, 0.3) is 0 Å². The molecule has 0 N–H and O–H groups in total. The number of fused-ring (bicyclic) bond motifs is 3. The lowest BCUT2D eigenvalue weighted by Gasteiger charge is -2.52. The van der Waals surface area contributed by atoms with Gasteiger partial charge in [-0.1, -0.05) is 0 Å². The van der Waals surface area contributed by atoms with E-state index in [0.717, 1.165) is 23.0 Å². The predicted octanol–water partition coefficient (Wildman–Crippen LogP) is 2.91. The molecule has 4 heterocycles. The highest BCUT2D eigenvalue weighted by Gasteiger charge is 2.60. The molecule has 2 bridgehead atoms. The summed E-state index contributed by atoms with van der Waals surface area (Å²) >= 11 is 0. The number of ketones is 1. The van der Waals surface area contributed by atoms with Crippen molar-refractivity contribution < 1.29 is 14.3 Å². The van der Waals surface area contributed by atoms with E-state index in [1.165, 1.54) is 38.8 Å². The lowest BCUT2D eigenvalue weighted by Crippen LogP contribution is -2.57. The van der Waals surface area contributed by atoms with Gasteiger partial charge in [0.25, 0.3) is 0 Å². The Bertz CT molecular complexity index is 644. The molecule has 1 aliphatic carbocycles. The van der Waals surface area contributed by atoms with Crippen molar-refractivity contribution in [2.75, 3.05) is 26.3 Å². The van der Waals surface area contributed by atoms with E-state index in [-0.39, 0.29) is 5.78 Å². The molecule has 1 aromatic carbocycles. The molecule has 5 aliphatic rings. The molecule has 4 fully saturated rings. The Morgan fingerprint density at radius 1 is 1.13 bits per heavy atom. The van der Waals surface area contributed by atoms with Crippen LogP contribution in [0.1, 0.15) is 42.5 Å². The summed E-state index contributed by atoms with van der Waals surface area (Å²) in [6.07, 6.45) is 5.84. The second-order valence-electron chi connectivity index (χ2n) is 7.52. The van der Waals surface area contributed by atoms with E-state index in [1.807, 2.05) is 18.2 Å². The van der Waals surface area contributed by atoms with E-state index in [4.69, 9.17) is 9.47 Å². The summed E-state index contributed by atoms with van der Waals surface area (Å²) in [5.74, 6) is 3.06. The van der Waals surface area contributed by atoms with Crippen molar-refractivity contribution in [3.63, 3.8) is 0 Å². The molecule has 23 heavy (non-hydrogen) atoms. The highest BCUT2D eigenvalue weighted by molar-refractivity contribution is 5.97. The fourth-order valence-electron chi connectivity index (χ4n) is 5.13. The molecule has 3 saturated heterocycles. The van der Waals surface area contributed by atoms with Gasteiger partial charge in [0.1, 0.15) is 13.2 Å². The number of benzene rings is 1. The molecule has 1 aromatic rings. The second-order valence-corrected chi connectivity index (χ2v) is 7.52. The van der Waals surface area contributed by atoms with Crippen molar-refractivity contribution in [3.05, 3.63) is 23.8 Å². The lowest BCUT2D eigenvalue weighted by atomic mass is 9.69. The van der Waals surface area contributed by atoms with Crippen molar-refractivity contribution in [2.45, 2.75) is 37.6 Å². The predicted molar refractivity (Wildman–Crippen MR) is 86.1 cm³/mol. The lowest BCUT2D eigenvalue weighted by molar-refractivity contribution is -0.0274. The minimum Gasteiger partial charge on any atom is -0.486 e. The summed E-state index contributed by atoms with van der Waals surface area (Å²) in [6, 6.07) is 5.65. The van der Waals surface area contributed by atoms with E-state index >= 15 is 0 Å². The zero-order valence-electron chi connectivity index (χ0n) is 13.4. The number of rotatable bonds is 3. The largest absolute Gasteiger partial charge is 0.486 e. The van der Waals surface area contributed by atoms with E-state index < -0.39 is 0 Å². The number of piperidine rings is 3. The van der Waals surface area contributed by atoms with Crippen molar-refractivity contribution in [1.82, 2.24) is 4.90 Å². The van der Waals surface area contributed by atoms with Gasteiger partial charge in [-0.3, -0.25) is 9.69 Å².